The molecule has 1 aromatic rings. The van der Waals surface area contributed by atoms with Crippen LogP contribution >= 0.6 is 11.3 Å². The predicted molar refractivity (Wildman–Crippen MR) is 72.7 cm³/mol. The highest BCUT2D eigenvalue weighted by molar-refractivity contribution is 7.09. The van der Waals surface area contributed by atoms with E-state index in [4.69, 9.17) is 4.74 Å². The Balaban J connectivity index is 2.39. The minimum absolute atomic E-state index is 0.0211. The molecular weight excluding hydrogens is 250 g/mol. The van der Waals surface area contributed by atoms with Crippen molar-refractivity contribution in [2.45, 2.75) is 32.9 Å². The Bertz CT molecular complexity index is 381. The van der Waals surface area contributed by atoms with Crippen molar-refractivity contribution in [3.8, 4) is 0 Å². The number of thiazole rings is 1. The number of hydrogen-bond donors (Lipinski definition) is 2. The van der Waals surface area contributed by atoms with Gasteiger partial charge in [-0.15, -0.1) is 11.3 Å². The van der Waals surface area contributed by atoms with Crippen molar-refractivity contribution in [2.24, 2.45) is 0 Å². The SMILES string of the molecule is COCCNC(=O)C(C)NC(C)c1nc(C)cs1. The van der Waals surface area contributed by atoms with Crippen LogP contribution in [0.2, 0.25) is 0 Å². The van der Waals surface area contributed by atoms with Crippen molar-refractivity contribution in [1.29, 1.82) is 0 Å². The van der Waals surface area contributed by atoms with E-state index in [0.29, 0.717) is 13.2 Å². The Labute approximate surface area is 112 Å². The molecule has 0 aliphatic rings. The molecule has 2 N–H and O–H groups in total. The average molecular weight is 271 g/mol. The lowest BCUT2D eigenvalue weighted by molar-refractivity contribution is -0.123. The molecule has 0 fully saturated rings. The number of nitrogens with one attached hydrogen (secondary N) is 2. The van der Waals surface area contributed by atoms with Gasteiger partial charge in [0.05, 0.1) is 18.7 Å². The number of carbonyl (C=O) groups is 1. The van der Waals surface area contributed by atoms with Crippen molar-refractivity contribution in [1.82, 2.24) is 15.6 Å². The second kappa shape index (κ2) is 7.45. The lowest BCUT2D eigenvalue weighted by Crippen LogP contribution is -2.44. The van der Waals surface area contributed by atoms with E-state index in [0.717, 1.165) is 10.7 Å². The van der Waals surface area contributed by atoms with E-state index in [-0.39, 0.29) is 18.0 Å². The maximum absolute atomic E-state index is 11.7. The molecule has 1 heterocycles. The number of carbonyl (C=O) groups excluding carboxylic acids is 1. The molecule has 1 rings (SSSR count). The summed E-state index contributed by atoms with van der Waals surface area (Å²) in [5.41, 5.74) is 1.01. The van der Waals surface area contributed by atoms with Crippen LogP contribution < -0.4 is 10.6 Å². The van der Waals surface area contributed by atoms with E-state index < -0.39 is 0 Å². The van der Waals surface area contributed by atoms with Crippen molar-refractivity contribution < 1.29 is 9.53 Å². The van der Waals surface area contributed by atoms with Crippen molar-refractivity contribution in [2.75, 3.05) is 20.3 Å². The predicted octanol–water partition coefficient (Wildman–Crippen LogP) is 1.25. The first-order valence-corrected chi connectivity index (χ1v) is 6.87. The topological polar surface area (TPSA) is 63.2 Å². The molecule has 18 heavy (non-hydrogen) atoms. The normalized spacial score (nSPS) is 14.2. The minimum Gasteiger partial charge on any atom is -0.383 e. The summed E-state index contributed by atoms with van der Waals surface area (Å²) in [4.78, 5) is 16.1. The summed E-state index contributed by atoms with van der Waals surface area (Å²) in [7, 11) is 1.61. The third-order valence-electron chi connectivity index (χ3n) is 2.51. The number of ether oxygens (including phenoxy) is 1. The third kappa shape index (κ3) is 4.72. The molecule has 0 saturated carbocycles. The van der Waals surface area contributed by atoms with Gasteiger partial charge in [0.25, 0.3) is 0 Å². The van der Waals surface area contributed by atoms with E-state index in [9.17, 15) is 4.79 Å². The minimum atomic E-state index is -0.249. The van der Waals surface area contributed by atoms with E-state index in [2.05, 4.69) is 15.6 Å². The molecule has 0 bridgehead atoms. The van der Waals surface area contributed by atoms with Gasteiger partial charge in [0.15, 0.2) is 0 Å². The van der Waals surface area contributed by atoms with E-state index >= 15 is 0 Å². The maximum Gasteiger partial charge on any atom is 0.236 e. The van der Waals surface area contributed by atoms with Crippen LogP contribution in [-0.4, -0.2) is 37.2 Å². The lowest BCUT2D eigenvalue weighted by Gasteiger charge is -2.18. The lowest BCUT2D eigenvalue weighted by atomic mass is 10.2. The van der Waals surface area contributed by atoms with Crippen LogP contribution in [0, 0.1) is 6.92 Å². The van der Waals surface area contributed by atoms with Gasteiger partial charge < -0.3 is 10.1 Å². The summed E-state index contributed by atoms with van der Waals surface area (Å²) in [5.74, 6) is -0.0211. The Morgan fingerprint density at radius 3 is 2.83 bits per heavy atom. The first-order chi connectivity index (χ1) is 8.54. The van der Waals surface area contributed by atoms with E-state index in [1.807, 2.05) is 26.2 Å². The molecule has 0 aliphatic carbocycles. The molecule has 0 spiro atoms. The zero-order valence-electron chi connectivity index (χ0n) is 11.3. The summed E-state index contributed by atoms with van der Waals surface area (Å²) in [6.07, 6.45) is 0. The Kier molecular flexibility index (Phi) is 6.24. The molecule has 0 radical (unpaired) electrons. The van der Waals surface area contributed by atoms with E-state index in [1.54, 1.807) is 18.4 Å². The average Bonchev–Trinajstić information content (AvgIpc) is 2.76. The highest BCUT2D eigenvalue weighted by Crippen LogP contribution is 2.17. The number of hydrogen-bond acceptors (Lipinski definition) is 5. The maximum atomic E-state index is 11.7. The van der Waals surface area contributed by atoms with Gasteiger partial charge >= 0.3 is 0 Å². The summed E-state index contributed by atoms with van der Waals surface area (Å²) < 4.78 is 4.88. The van der Waals surface area contributed by atoms with Crippen LogP contribution in [0.15, 0.2) is 5.38 Å². The van der Waals surface area contributed by atoms with E-state index in [1.165, 1.54) is 0 Å². The summed E-state index contributed by atoms with van der Waals surface area (Å²) in [6.45, 7) is 6.88. The van der Waals surface area contributed by atoms with Gasteiger partial charge in [-0.1, -0.05) is 0 Å². The smallest absolute Gasteiger partial charge is 0.236 e. The molecule has 2 atom stereocenters. The second-order valence-electron chi connectivity index (χ2n) is 4.22. The fraction of sp³-hybridized carbons (Fsp3) is 0.667. The first-order valence-electron chi connectivity index (χ1n) is 5.99. The second-order valence-corrected chi connectivity index (χ2v) is 5.11. The molecule has 102 valence electrons. The molecule has 0 aromatic carbocycles. The standard InChI is InChI=1S/C12H21N3O2S/c1-8-7-18-12(14-8)10(3)15-9(2)11(16)13-5-6-17-4/h7,9-10,15H,5-6H2,1-4H3,(H,13,16). The molecule has 6 heteroatoms. The van der Waals surface area contributed by atoms with Crippen molar-refractivity contribution in [3.63, 3.8) is 0 Å². The highest BCUT2D eigenvalue weighted by Gasteiger charge is 2.17. The number of aryl methyl sites for hydroxylation is 1. The van der Waals surface area contributed by atoms with Gasteiger partial charge in [0.1, 0.15) is 5.01 Å². The third-order valence-corrected chi connectivity index (χ3v) is 3.65. The van der Waals surface area contributed by atoms with Crippen LogP contribution in [0.3, 0.4) is 0 Å². The summed E-state index contributed by atoms with van der Waals surface area (Å²) in [5, 5.41) is 9.05. The largest absolute Gasteiger partial charge is 0.383 e. The zero-order chi connectivity index (χ0) is 13.5. The molecule has 1 amide bonds. The zero-order valence-corrected chi connectivity index (χ0v) is 12.1. The van der Waals surface area contributed by atoms with Gasteiger partial charge in [-0.05, 0) is 20.8 Å². The van der Waals surface area contributed by atoms with Gasteiger partial charge in [0, 0.05) is 24.7 Å². The number of nitrogens with zero attached hydrogens (tertiary/aromatic N) is 1. The van der Waals surface area contributed by atoms with Crippen LogP contribution in [0.25, 0.3) is 0 Å². The first kappa shape index (κ1) is 15.1. The van der Waals surface area contributed by atoms with Gasteiger partial charge in [-0.2, -0.15) is 0 Å². The van der Waals surface area contributed by atoms with Crippen LogP contribution in [0.5, 0.6) is 0 Å². The molecule has 1 aromatic heterocycles. The fourth-order valence-corrected chi connectivity index (χ4v) is 2.34. The quantitative estimate of drug-likeness (QED) is 0.733. The molecule has 2 unspecified atom stereocenters. The number of methoxy groups -OCH3 is 1. The molecule has 5 nitrogen and oxygen atoms in total. The Hall–Kier alpha value is -0.980. The monoisotopic (exact) mass is 271 g/mol. The van der Waals surface area contributed by atoms with Crippen LogP contribution in [-0.2, 0) is 9.53 Å². The number of amides is 1. The molecule has 0 aliphatic heterocycles. The fourth-order valence-electron chi connectivity index (χ4n) is 1.52. The summed E-state index contributed by atoms with van der Waals surface area (Å²) >= 11 is 1.61. The highest BCUT2D eigenvalue weighted by atomic mass is 32.1. The van der Waals surface area contributed by atoms with Crippen molar-refractivity contribution >= 4 is 17.2 Å². The Morgan fingerprint density at radius 2 is 2.28 bits per heavy atom. The van der Waals surface area contributed by atoms with Gasteiger partial charge in [0.2, 0.25) is 5.91 Å². The number of aromatic nitrogens is 1. The van der Waals surface area contributed by atoms with Crippen LogP contribution in [0.1, 0.15) is 30.6 Å². The number of rotatable bonds is 7. The molecule has 0 saturated heterocycles. The van der Waals surface area contributed by atoms with Crippen LogP contribution in [0.4, 0.5) is 0 Å². The van der Waals surface area contributed by atoms with Crippen molar-refractivity contribution in [3.05, 3.63) is 16.1 Å². The Morgan fingerprint density at radius 1 is 1.56 bits per heavy atom. The summed E-state index contributed by atoms with van der Waals surface area (Å²) in [6, 6.07) is -0.173. The van der Waals surface area contributed by atoms with Gasteiger partial charge in [-0.25, -0.2) is 4.98 Å². The molecular formula is C12H21N3O2S. The van der Waals surface area contributed by atoms with Gasteiger partial charge in [-0.3, -0.25) is 10.1 Å².